The number of halogens is 2. The number of benzene rings is 3. The summed E-state index contributed by atoms with van der Waals surface area (Å²) in [7, 11) is -3.89. The van der Waals surface area contributed by atoms with Crippen LogP contribution in [0.1, 0.15) is 30.5 Å². The average Bonchev–Trinajstić information content (AvgIpc) is 2.87. The van der Waals surface area contributed by atoms with Gasteiger partial charge in [-0.15, -0.1) is 0 Å². The molecule has 1 atom stereocenters. The van der Waals surface area contributed by atoms with Crippen molar-refractivity contribution in [3.63, 3.8) is 0 Å². The fourth-order valence-corrected chi connectivity index (χ4v) is 5.47. The smallest absolute Gasteiger partial charge is 0.244 e. The summed E-state index contributed by atoms with van der Waals surface area (Å²) in [5, 5.41) is 3.72. The molecular formula is C29H33Cl2N3O4S. The van der Waals surface area contributed by atoms with Gasteiger partial charge in [0, 0.05) is 29.1 Å². The number of hydrogen-bond donors (Lipinski definition) is 1. The van der Waals surface area contributed by atoms with E-state index in [1.165, 1.54) is 4.90 Å². The Balaban J connectivity index is 2.09. The van der Waals surface area contributed by atoms with Crippen molar-refractivity contribution in [3.05, 3.63) is 99.5 Å². The van der Waals surface area contributed by atoms with E-state index in [1.807, 2.05) is 44.2 Å². The molecule has 0 bridgehead atoms. The first-order chi connectivity index (χ1) is 18.4. The first-order valence-electron chi connectivity index (χ1n) is 12.5. The van der Waals surface area contributed by atoms with Gasteiger partial charge in [0.05, 0.1) is 11.9 Å². The molecule has 3 rings (SSSR count). The molecule has 0 aliphatic rings. The van der Waals surface area contributed by atoms with Gasteiger partial charge in [-0.3, -0.25) is 13.9 Å². The molecule has 1 unspecified atom stereocenters. The minimum Gasteiger partial charge on any atom is -0.352 e. The molecule has 0 radical (unpaired) electrons. The lowest BCUT2D eigenvalue weighted by molar-refractivity contribution is -0.140. The van der Waals surface area contributed by atoms with Crippen LogP contribution in [0.4, 0.5) is 5.69 Å². The van der Waals surface area contributed by atoms with Crippen LogP contribution in [0, 0.1) is 6.92 Å². The third-order valence-electron chi connectivity index (χ3n) is 6.19. The summed E-state index contributed by atoms with van der Waals surface area (Å²) in [5.74, 6) is -0.904. The van der Waals surface area contributed by atoms with Gasteiger partial charge in [0.15, 0.2) is 0 Å². The molecule has 2 amide bonds. The Morgan fingerprint density at radius 2 is 1.51 bits per heavy atom. The average molecular weight is 591 g/mol. The highest BCUT2D eigenvalue weighted by molar-refractivity contribution is 7.92. The number of sulfonamides is 1. The Hall–Kier alpha value is -3.07. The van der Waals surface area contributed by atoms with Crippen LogP contribution in [0.15, 0.2) is 72.8 Å². The molecule has 0 aliphatic heterocycles. The van der Waals surface area contributed by atoms with Gasteiger partial charge < -0.3 is 10.2 Å². The molecule has 0 fully saturated rings. The van der Waals surface area contributed by atoms with Gasteiger partial charge in [-0.25, -0.2) is 8.42 Å². The zero-order chi connectivity index (χ0) is 28.7. The van der Waals surface area contributed by atoms with Crippen molar-refractivity contribution in [2.75, 3.05) is 17.1 Å². The second-order valence-electron chi connectivity index (χ2n) is 9.64. The summed E-state index contributed by atoms with van der Waals surface area (Å²) in [6, 6.07) is 20.2. The molecule has 7 nitrogen and oxygen atoms in total. The van der Waals surface area contributed by atoms with Crippen molar-refractivity contribution in [2.45, 2.75) is 45.8 Å². The maximum Gasteiger partial charge on any atom is 0.244 e. The van der Waals surface area contributed by atoms with Gasteiger partial charge in [0.2, 0.25) is 21.8 Å². The fraction of sp³-hybridized carbons (Fsp3) is 0.310. The number of nitrogens with one attached hydrogen (secondary N) is 1. The monoisotopic (exact) mass is 589 g/mol. The molecule has 0 saturated carbocycles. The van der Waals surface area contributed by atoms with Gasteiger partial charge in [0.25, 0.3) is 0 Å². The molecule has 39 heavy (non-hydrogen) atoms. The van der Waals surface area contributed by atoms with Crippen LogP contribution in [0.5, 0.6) is 0 Å². The largest absolute Gasteiger partial charge is 0.352 e. The van der Waals surface area contributed by atoms with Crippen molar-refractivity contribution in [1.82, 2.24) is 10.2 Å². The van der Waals surface area contributed by atoms with Gasteiger partial charge in [-0.2, -0.15) is 0 Å². The van der Waals surface area contributed by atoms with E-state index in [0.717, 1.165) is 16.1 Å². The lowest BCUT2D eigenvalue weighted by atomic mass is 10.0. The highest BCUT2D eigenvalue weighted by atomic mass is 35.5. The Bertz CT molecular complexity index is 1420. The molecule has 3 aromatic carbocycles. The summed E-state index contributed by atoms with van der Waals surface area (Å²) in [6.07, 6.45) is 1.26. The van der Waals surface area contributed by atoms with E-state index < -0.39 is 28.5 Å². The van der Waals surface area contributed by atoms with Gasteiger partial charge in [-0.05, 0) is 55.7 Å². The molecule has 1 N–H and O–H groups in total. The van der Waals surface area contributed by atoms with Gasteiger partial charge in [0.1, 0.15) is 12.6 Å². The minimum atomic E-state index is -3.89. The zero-order valence-electron chi connectivity index (χ0n) is 22.4. The first kappa shape index (κ1) is 30.5. The number of rotatable bonds is 11. The molecule has 208 valence electrons. The van der Waals surface area contributed by atoms with Crippen molar-refractivity contribution in [1.29, 1.82) is 0 Å². The molecule has 10 heteroatoms. The predicted molar refractivity (Wildman–Crippen MR) is 158 cm³/mol. The van der Waals surface area contributed by atoms with E-state index in [9.17, 15) is 18.0 Å². The molecular weight excluding hydrogens is 557 g/mol. The van der Waals surface area contributed by atoms with Crippen LogP contribution in [-0.4, -0.2) is 50.0 Å². The first-order valence-corrected chi connectivity index (χ1v) is 15.1. The Kier molecular flexibility index (Phi) is 10.4. The normalized spacial score (nSPS) is 12.2. The number of nitrogens with zero attached hydrogens (tertiary/aromatic N) is 2. The molecule has 0 saturated heterocycles. The Morgan fingerprint density at radius 3 is 2.13 bits per heavy atom. The maximum absolute atomic E-state index is 14.1. The fourth-order valence-electron chi connectivity index (χ4n) is 4.21. The highest BCUT2D eigenvalue weighted by Crippen LogP contribution is 2.29. The quantitative estimate of drug-likeness (QED) is 0.331. The number of hydrogen-bond acceptors (Lipinski definition) is 4. The van der Waals surface area contributed by atoms with Crippen molar-refractivity contribution >= 4 is 50.7 Å². The number of carbonyl (C=O) groups is 2. The second-order valence-corrected chi connectivity index (χ2v) is 12.4. The lowest BCUT2D eigenvalue weighted by Crippen LogP contribution is -2.54. The number of carbonyl (C=O) groups excluding carboxylic acids is 2. The molecule has 0 heterocycles. The van der Waals surface area contributed by atoms with Gasteiger partial charge in [-0.1, -0.05) is 77.8 Å². The van der Waals surface area contributed by atoms with Crippen LogP contribution in [-0.2, 0) is 32.6 Å². The van der Waals surface area contributed by atoms with E-state index in [1.54, 1.807) is 49.4 Å². The summed E-state index contributed by atoms with van der Waals surface area (Å²) < 4.78 is 26.9. The van der Waals surface area contributed by atoms with Crippen molar-refractivity contribution in [3.8, 4) is 0 Å². The lowest BCUT2D eigenvalue weighted by Gasteiger charge is -2.34. The Labute approximate surface area is 240 Å². The summed E-state index contributed by atoms with van der Waals surface area (Å²) in [6.45, 7) is 4.85. The molecule has 0 aliphatic carbocycles. The van der Waals surface area contributed by atoms with Crippen LogP contribution < -0.4 is 9.62 Å². The predicted octanol–water partition coefficient (Wildman–Crippen LogP) is 5.23. The second kappa shape index (κ2) is 13.3. The standard InChI is InChI=1S/C29H33Cl2N3O4S/c1-20(2)32-29(36)27(17-22-11-6-5-7-12-22)33(18-23-13-8-9-14-25(23)31)28(35)19-34(39(4,37)38)26-16-10-15-24(30)21(26)3/h5-16,20,27H,17-19H2,1-4H3,(H,32,36). The van der Waals surface area contributed by atoms with E-state index in [2.05, 4.69) is 5.32 Å². The molecule has 3 aromatic rings. The Morgan fingerprint density at radius 1 is 0.897 bits per heavy atom. The number of anilines is 1. The van der Waals surface area contributed by atoms with E-state index >= 15 is 0 Å². The van der Waals surface area contributed by atoms with E-state index in [0.29, 0.717) is 26.9 Å². The SMILES string of the molecule is Cc1c(Cl)cccc1N(CC(=O)N(Cc1ccccc1Cl)C(Cc1ccccc1)C(=O)NC(C)C)S(C)(=O)=O. The topological polar surface area (TPSA) is 86.8 Å². The molecule has 0 spiro atoms. The van der Waals surface area contributed by atoms with E-state index in [-0.39, 0.29) is 24.9 Å². The van der Waals surface area contributed by atoms with Crippen LogP contribution in [0.2, 0.25) is 10.0 Å². The summed E-state index contributed by atoms with van der Waals surface area (Å²) >= 11 is 12.7. The van der Waals surface area contributed by atoms with Crippen LogP contribution in [0.25, 0.3) is 0 Å². The third-order valence-corrected chi connectivity index (χ3v) is 8.09. The summed E-state index contributed by atoms with van der Waals surface area (Å²) in [5.41, 5.74) is 2.30. The van der Waals surface area contributed by atoms with E-state index in [4.69, 9.17) is 23.2 Å². The highest BCUT2D eigenvalue weighted by Gasteiger charge is 2.34. The third kappa shape index (κ3) is 8.21. The van der Waals surface area contributed by atoms with Crippen LogP contribution in [0.3, 0.4) is 0 Å². The summed E-state index contributed by atoms with van der Waals surface area (Å²) in [4.78, 5) is 29.0. The van der Waals surface area contributed by atoms with Gasteiger partial charge >= 0.3 is 0 Å². The van der Waals surface area contributed by atoms with Crippen molar-refractivity contribution in [2.24, 2.45) is 0 Å². The number of amides is 2. The zero-order valence-corrected chi connectivity index (χ0v) is 24.7. The maximum atomic E-state index is 14.1. The minimum absolute atomic E-state index is 0.00759. The van der Waals surface area contributed by atoms with Crippen LogP contribution >= 0.6 is 23.2 Å². The molecule has 0 aromatic heterocycles. The van der Waals surface area contributed by atoms with Crippen molar-refractivity contribution < 1.29 is 18.0 Å².